The lowest BCUT2D eigenvalue weighted by Gasteiger charge is -2.12. The molecule has 2 nitrogen and oxygen atoms in total. The summed E-state index contributed by atoms with van der Waals surface area (Å²) in [5.41, 5.74) is -0.898. The van der Waals surface area contributed by atoms with Gasteiger partial charge in [0.05, 0.1) is 6.10 Å². The number of hydrogen-bond acceptors (Lipinski definition) is 2. The maximum Gasteiger partial charge on any atom is 0.185 e. The molecular weight excluding hydrogens is 226 g/mol. The molecule has 0 saturated heterocycles. The number of nitrogens with one attached hydrogen (secondary N) is 1. The third-order valence-electron chi connectivity index (χ3n) is 2.10. The Labute approximate surface area is 89.9 Å². The van der Waals surface area contributed by atoms with Crippen molar-refractivity contribution in [3.8, 4) is 0 Å². The van der Waals surface area contributed by atoms with Crippen LogP contribution in [0.15, 0.2) is 6.07 Å². The smallest absolute Gasteiger partial charge is 0.185 e. The molecule has 2 N–H and O–H groups in total. The number of aliphatic hydroxyl groups is 1. The summed E-state index contributed by atoms with van der Waals surface area (Å²) in [6, 6.07) is 0.131. The maximum atomic E-state index is 13.1. The van der Waals surface area contributed by atoms with Gasteiger partial charge in [-0.3, -0.25) is 0 Å². The van der Waals surface area contributed by atoms with Crippen molar-refractivity contribution in [2.45, 2.75) is 19.4 Å². The van der Waals surface area contributed by atoms with Crippen LogP contribution < -0.4 is 5.32 Å². The van der Waals surface area contributed by atoms with Crippen LogP contribution in [0.25, 0.3) is 0 Å². The van der Waals surface area contributed by atoms with Crippen LogP contribution in [0.3, 0.4) is 0 Å². The van der Waals surface area contributed by atoms with Crippen LogP contribution in [0.5, 0.6) is 0 Å². The van der Waals surface area contributed by atoms with Crippen molar-refractivity contribution in [2.24, 2.45) is 0 Å². The lowest BCUT2D eigenvalue weighted by molar-refractivity contribution is 0.183. The Bertz CT molecular complexity index is 357. The number of benzene rings is 1. The van der Waals surface area contributed by atoms with Gasteiger partial charge in [0.2, 0.25) is 0 Å². The average molecular weight is 237 g/mol. The number of rotatable bonds is 4. The highest BCUT2D eigenvalue weighted by atomic mass is 19.2. The molecule has 0 heterocycles. The third-order valence-corrected chi connectivity index (χ3v) is 2.10. The minimum atomic E-state index is -1.50. The second kappa shape index (κ2) is 5.16. The maximum absolute atomic E-state index is 13.1. The highest BCUT2D eigenvalue weighted by molar-refractivity contribution is 5.47. The van der Waals surface area contributed by atoms with E-state index in [0.29, 0.717) is 6.42 Å². The van der Waals surface area contributed by atoms with Crippen molar-refractivity contribution in [3.05, 3.63) is 29.3 Å². The first kappa shape index (κ1) is 12.8. The largest absolute Gasteiger partial charge is 0.391 e. The van der Waals surface area contributed by atoms with Crippen LogP contribution in [-0.2, 0) is 0 Å². The Hall–Kier alpha value is -1.30. The monoisotopic (exact) mass is 237 g/mol. The van der Waals surface area contributed by atoms with Gasteiger partial charge in [-0.1, -0.05) is 6.92 Å². The zero-order valence-corrected chi connectivity index (χ0v) is 8.53. The summed E-state index contributed by atoms with van der Waals surface area (Å²) in [5.74, 6) is -5.95. The second-order valence-corrected chi connectivity index (χ2v) is 3.29. The van der Waals surface area contributed by atoms with Gasteiger partial charge in [0.1, 0.15) is 5.69 Å². The zero-order valence-electron chi connectivity index (χ0n) is 8.53. The molecule has 0 aromatic heterocycles. The highest BCUT2D eigenvalue weighted by Crippen LogP contribution is 2.23. The molecule has 0 aliphatic heterocycles. The van der Waals surface area contributed by atoms with Gasteiger partial charge in [-0.25, -0.2) is 17.6 Å². The van der Waals surface area contributed by atoms with Crippen LogP contribution in [0.2, 0.25) is 0 Å². The third kappa shape index (κ3) is 2.63. The molecule has 90 valence electrons. The zero-order chi connectivity index (χ0) is 12.3. The lowest BCUT2D eigenvalue weighted by Crippen LogP contribution is -2.20. The van der Waals surface area contributed by atoms with Gasteiger partial charge in [-0.2, -0.15) is 0 Å². The molecule has 6 heteroatoms. The summed E-state index contributed by atoms with van der Waals surface area (Å²) in [6.45, 7) is 1.47. The van der Waals surface area contributed by atoms with Crippen molar-refractivity contribution < 1.29 is 22.7 Å². The average Bonchev–Trinajstić information content (AvgIpc) is 2.26. The van der Waals surface area contributed by atoms with E-state index in [1.54, 1.807) is 6.92 Å². The molecule has 0 spiro atoms. The Kier molecular flexibility index (Phi) is 4.12. The van der Waals surface area contributed by atoms with E-state index in [9.17, 15) is 17.6 Å². The molecule has 0 bridgehead atoms. The number of anilines is 1. The molecule has 0 radical (unpaired) electrons. The van der Waals surface area contributed by atoms with Gasteiger partial charge in [0.25, 0.3) is 0 Å². The fourth-order valence-corrected chi connectivity index (χ4v) is 1.09. The molecule has 0 aliphatic carbocycles. The molecule has 0 fully saturated rings. The van der Waals surface area contributed by atoms with Crippen LogP contribution in [-0.4, -0.2) is 17.8 Å². The van der Waals surface area contributed by atoms with Crippen molar-refractivity contribution in [1.29, 1.82) is 0 Å². The van der Waals surface area contributed by atoms with E-state index in [1.165, 1.54) is 0 Å². The van der Waals surface area contributed by atoms with Gasteiger partial charge in [-0.15, -0.1) is 0 Å². The van der Waals surface area contributed by atoms with Gasteiger partial charge >= 0.3 is 0 Å². The SMILES string of the molecule is CCC(O)CNc1c(F)c(F)cc(F)c1F. The highest BCUT2D eigenvalue weighted by Gasteiger charge is 2.19. The number of halogens is 4. The van der Waals surface area contributed by atoms with Crippen LogP contribution in [0, 0.1) is 23.3 Å². The summed E-state index contributed by atoms with van der Waals surface area (Å²) in [5, 5.41) is 11.3. The fraction of sp³-hybridized carbons (Fsp3) is 0.400. The van der Waals surface area contributed by atoms with E-state index < -0.39 is 35.1 Å². The predicted octanol–water partition coefficient (Wildman–Crippen LogP) is 2.43. The minimum Gasteiger partial charge on any atom is -0.391 e. The summed E-state index contributed by atoms with van der Waals surface area (Å²) < 4.78 is 51.6. The molecular formula is C10H11F4NO. The molecule has 1 unspecified atom stereocenters. The van der Waals surface area contributed by atoms with Gasteiger partial charge in [-0.05, 0) is 6.42 Å². The van der Waals surface area contributed by atoms with E-state index in [0.717, 1.165) is 0 Å². The van der Waals surface area contributed by atoms with E-state index in [4.69, 9.17) is 5.11 Å². The molecule has 1 atom stereocenters. The standard InChI is InChI=1S/C10H11F4NO/c1-2-5(16)4-15-10-8(13)6(11)3-7(12)9(10)14/h3,5,15-16H,2,4H2,1H3. The molecule has 16 heavy (non-hydrogen) atoms. The van der Waals surface area contributed by atoms with E-state index >= 15 is 0 Å². The summed E-state index contributed by atoms with van der Waals surface area (Å²) in [4.78, 5) is 0. The Morgan fingerprint density at radius 2 is 1.69 bits per heavy atom. The van der Waals surface area contributed by atoms with Gasteiger partial charge in [0, 0.05) is 12.6 Å². The second-order valence-electron chi connectivity index (χ2n) is 3.29. The van der Waals surface area contributed by atoms with E-state index in [2.05, 4.69) is 5.32 Å². The number of hydrogen-bond donors (Lipinski definition) is 2. The molecule has 0 amide bonds. The number of aliphatic hydroxyl groups excluding tert-OH is 1. The Balaban J connectivity index is 2.94. The molecule has 0 aliphatic rings. The molecule has 1 aromatic carbocycles. The van der Waals surface area contributed by atoms with Crippen molar-refractivity contribution >= 4 is 5.69 Å². The quantitative estimate of drug-likeness (QED) is 0.622. The van der Waals surface area contributed by atoms with Crippen LogP contribution >= 0.6 is 0 Å². The topological polar surface area (TPSA) is 32.3 Å². The molecule has 0 saturated carbocycles. The normalized spacial score (nSPS) is 12.6. The fourth-order valence-electron chi connectivity index (χ4n) is 1.09. The summed E-state index contributed by atoms with van der Waals surface area (Å²) >= 11 is 0. The van der Waals surface area contributed by atoms with E-state index in [1.807, 2.05) is 0 Å². The molecule has 1 rings (SSSR count). The Morgan fingerprint density at radius 1 is 1.19 bits per heavy atom. The minimum absolute atomic E-state index is 0.131. The van der Waals surface area contributed by atoms with Gasteiger partial charge in [0.15, 0.2) is 23.3 Å². The van der Waals surface area contributed by atoms with Crippen molar-refractivity contribution in [1.82, 2.24) is 0 Å². The predicted molar refractivity (Wildman–Crippen MR) is 51.1 cm³/mol. The first-order chi connectivity index (χ1) is 7.47. The Morgan fingerprint density at radius 3 is 2.12 bits per heavy atom. The molecule has 1 aromatic rings. The summed E-state index contributed by atoms with van der Waals surface area (Å²) in [6.07, 6.45) is -0.487. The summed E-state index contributed by atoms with van der Waals surface area (Å²) in [7, 11) is 0. The first-order valence-corrected chi connectivity index (χ1v) is 4.72. The van der Waals surface area contributed by atoms with Crippen molar-refractivity contribution in [3.63, 3.8) is 0 Å². The lowest BCUT2D eigenvalue weighted by atomic mass is 10.2. The van der Waals surface area contributed by atoms with Crippen LogP contribution in [0.4, 0.5) is 23.2 Å². The van der Waals surface area contributed by atoms with Crippen molar-refractivity contribution in [2.75, 3.05) is 11.9 Å². The first-order valence-electron chi connectivity index (χ1n) is 4.72. The van der Waals surface area contributed by atoms with Crippen LogP contribution in [0.1, 0.15) is 13.3 Å². The van der Waals surface area contributed by atoms with E-state index in [-0.39, 0.29) is 12.6 Å². The van der Waals surface area contributed by atoms with Gasteiger partial charge < -0.3 is 10.4 Å².